The summed E-state index contributed by atoms with van der Waals surface area (Å²) >= 11 is 1.59. The van der Waals surface area contributed by atoms with Crippen LogP contribution in [0.5, 0.6) is 0 Å². The van der Waals surface area contributed by atoms with Gasteiger partial charge >= 0.3 is 5.97 Å². The molecular weight excluding hydrogens is 428 g/mol. The van der Waals surface area contributed by atoms with Crippen molar-refractivity contribution in [2.75, 3.05) is 5.73 Å². The molecule has 0 saturated heterocycles. The summed E-state index contributed by atoms with van der Waals surface area (Å²) < 4.78 is 3.29. The molecule has 164 valence electrons. The molecule has 4 aromatic heterocycles. The minimum atomic E-state index is -0.765. The lowest BCUT2D eigenvalue weighted by Gasteiger charge is -2.27. The van der Waals surface area contributed by atoms with Crippen LogP contribution in [-0.4, -0.2) is 41.2 Å². The van der Waals surface area contributed by atoms with Gasteiger partial charge in [0.1, 0.15) is 5.82 Å². The monoisotopic (exact) mass is 450 g/mol. The summed E-state index contributed by atoms with van der Waals surface area (Å²) in [5, 5.41) is 22.2. The Balaban J connectivity index is 1.59. The van der Waals surface area contributed by atoms with Crippen molar-refractivity contribution in [3.63, 3.8) is 0 Å². The highest BCUT2D eigenvalue weighted by molar-refractivity contribution is 7.08. The van der Waals surface area contributed by atoms with Crippen LogP contribution >= 0.6 is 11.3 Å². The molecule has 32 heavy (non-hydrogen) atoms. The van der Waals surface area contributed by atoms with Crippen LogP contribution in [0.2, 0.25) is 0 Å². The van der Waals surface area contributed by atoms with E-state index in [4.69, 9.17) is 10.7 Å². The second-order valence-corrected chi connectivity index (χ2v) is 8.93. The number of anilines is 1. The van der Waals surface area contributed by atoms with Crippen molar-refractivity contribution in [1.29, 1.82) is 0 Å². The number of rotatable bonds is 5. The number of Topliss-reactive ketones (excluding diaryl/α,β-unsaturated/α-hetero) is 1. The van der Waals surface area contributed by atoms with E-state index in [1.165, 1.54) is 11.4 Å². The first kappa shape index (κ1) is 20.4. The van der Waals surface area contributed by atoms with Gasteiger partial charge < -0.3 is 10.8 Å². The molecule has 0 unspecified atom stereocenters. The lowest BCUT2D eigenvalue weighted by atomic mass is 9.79. The second kappa shape index (κ2) is 7.86. The number of hydrogen-bond acceptors (Lipinski definition) is 7. The molecule has 0 aromatic carbocycles. The lowest BCUT2D eigenvalue weighted by molar-refractivity contribution is -0.142. The molecule has 5 rings (SSSR count). The molecule has 0 aliphatic heterocycles. The van der Waals surface area contributed by atoms with Crippen molar-refractivity contribution >= 4 is 34.6 Å². The van der Waals surface area contributed by atoms with Crippen LogP contribution in [-0.2, 0) is 4.79 Å². The van der Waals surface area contributed by atoms with Gasteiger partial charge in [0.2, 0.25) is 0 Å². The third-order valence-electron chi connectivity index (χ3n) is 6.19. The van der Waals surface area contributed by atoms with Gasteiger partial charge in [0.15, 0.2) is 11.4 Å². The van der Waals surface area contributed by atoms with Crippen LogP contribution in [0, 0.1) is 5.92 Å². The number of aliphatic carboxylic acids is 1. The van der Waals surface area contributed by atoms with Crippen LogP contribution in [0.15, 0.2) is 35.4 Å². The summed E-state index contributed by atoms with van der Waals surface area (Å²) in [6.07, 6.45) is 7.77. The van der Waals surface area contributed by atoms with E-state index in [1.54, 1.807) is 28.4 Å². The molecule has 1 aliphatic rings. The third kappa shape index (κ3) is 3.36. The number of carboxylic acids is 1. The first-order valence-electron chi connectivity index (χ1n) is 10.4. The molecule has 0 atom stereocenters. The van der Waals surface area contributed by atoms with Gasteiger partial charge in [-0.05, 0) is 44.1 Å². The second-order valence-electron chi connectivity index (χ2n) is 8.15. The molecule has 0 amide bonds. The zero-order valence-corrected chi connectivity index (χ0v) is 18.2. The fraction of sp³-hybridized carbons (Fsp3) is 0.318. The van der Waals surface area contributed by atoms with Gasteiger partial charge in [0, 0.05) is 28.6 Å². The summed E-state index contributed by atoms with van der Waals surface area (Å²) in [6, 6.07) is 1.98. The Morgan fingerprint density at radius 3 is 2.62 bits per heavy atom. The van der Waals surface area contributed by atoms with Crippen molar-refractivity contribution in [3.8, 4) is 16.8 Å². The number of carboxylic acid groups (broad SMARTS) is 1. The van der Waals surface area contributed by atoms with E-state index in [9.17, 15) is 14.7 Å². The molecule has 0 bridgehead atoms. The van der Waals surface area contributed by atoms with E-state index in [0.29, 0.717) is 42.6 Å². The van der Waals surface area contributed by atoms with Crippen LogP contribution in [0.3, 0.4) is 0 Å². The Labute approximate surface area is 187 Å². The van der Waals surface area contributed by atoms with Gasteiger partial charge in [-0.25, -0.2) is 9.67 Å². The maximum atomic E-state index is 12.5. The predicted octanol–water partition coefficient (Wildman–Crippen LogP) is 3.79. The molecule has 1 aliphatic carbocycles. The van der Waals surface area contributed by atoms with Crippen molar-refractivity contribution in [2.24, 2.45) is 5.92 Å². The van der Waals surface area contributed by atoms with Crippen molar-refractivity contribution < 1.29 is 14.7 Å². The van der Waals surface area contributed by atoms with Gasteiger partial charge in [-0.15, -0.1) is 0 Å². The molecule has 9 nitrogen and oxygen atoms in total. The van der Waals surface area contributed by atoms with Gasteiger partial charge in [-0.1, -0.05) is 0 Å². The average Bonchev–Trinajstić information content (AvgIpc) is 3.52. The molecular formula is C22H22N6O3S. The van der Waals surface area contributed by atoms with E-state index >= 15 is 0 Å². The standard InChI is InChI=1S/C22H22N6O3S/c1-12(29)18-19(13-2-4-14(5-3-13)22(30)31)26-21-17(9-25-28(21)20(18)23)15-8-24-27(10-15)16-6-7-32-11-16/h6-11,13-14H,2-5,23H2,1H3,(H,30,31). The maximum Gasteiger partial charge on any atom is 0.306 e. The van der Waals surface area contributed by atoms with Crippen molar-refractivity contribution in [3.05, 3.63) is 46.7 Å². The number of carbonyl (C=O) groups is 2. The summed E-state index contributed by atoms with van der Waals surface area (Å²) in [7, 11) is 0. The van der Waals surface area contributed by atoms with Crippen LogP contribution in [0.25, 0.3) is 22.5 Å². The minimum Gasteiger partial charge on any atom is -0.481 e. The molecule has 1 saturated carbocycles. The Kier molecular flexibility index (Phi) is 5.01. The van der Waals surface area contributed by atoms with Crippen molar-refractivity contribution in [2.45, 2.75) is 38.5 Å². The van der Waals surface area contributed by atoms with Gasteiger partial charge in [-0.2, -0.15) is 26.0 Å². The maximum absolute atomic E-state index is 12.5. The number of fused-ring (bicyclic) bond motifs is 1. The first-order valence-corrected chi connectivity index (χ1v) is 11.4. The quantitative estimate of drug-likeness (QED) is 0.443. The fourth-order valence-corrected chi connectivity index (χ4v) is 5.12. The smallest absolute Gasteiger partial charge is 0.306 e. The van der Waals surface area contributed by atoms with E-state index in [0.717, 1.165) is 16.8 Å². The Morgan fingerprint density at radius 2 is 1.97 bits per heavy atom. The lowest BCUT2D eigenvalue weighted by Crippen LogP contribution is -2.23. The number of aromatic nitrogens is 5. The zero-order valence-electron chi connectivity index (χ0n) is 17.4. The van der Waals surface area contributed by atoms with E-state index in [1.807, 2.05) is 23.0 Å². The van der Waals surface area contributed by atoms with Crippen LogP contribution < -0.4 is 5.73 Å². The Hall–Kier alpha value is -3.53. The summed E-state index contributed by atoms with van der Waals surface area (Å²) in [5.74, 6) is -1.04. The zero-order chi connectivity index (χ0) is 22.4. The van der Waals surface area contributed by atoms with Crippen LogP contribution in [0.1, 0.15) is 54.6 Å². The van der Waals surface area contributed by atoms with E-state index in [-0.39, 0.29) is 23.4 Å². The predicted molar refractivity (Wildman–Crippen MR) is 120 cm³/mol. The molecule has 0 spiro atoms. The molecule has 10 heteroatoms. The number of thiophene rings is 1. The highest BCUT2D eigenvalue weighted by atomic mass is 32.1. The Morgan fingerprint density at radius 1 is 1.19 bits per heavy atom. The summed E-state index contributed by atoms with van der Waals surface area (Å²) in [6.45, 7) is 1.47. The average molecular weight is 451 g/mol. The first-order chi connectivity index (χ1) is 15.4. The largest absolute Gasteiger partial charge is 0.481 e. The summed E-state index contributed by atoms with van der Waals surface area (Å²) in [4.78, 5) is 28.7. The van der Waals surface area contributed by atoms with Gasteiger partial charge in [0.25, 0.3) is 0 Å². The number of nitrogens with zero attached hydrogens (tertiary/aromatic N) is 5. The number of ketones is 1. The molecule has 1 fully saturated rings. The SMILES string of the molecule is CC(=O)c1c(C2CCC(C(=O)O)CC2)nc2c(-c3cnn(-c4ccsc4)c3)cnn2c1N. The fourth-order valence-electron chi connectivity index (χ4n) is 4.50. The Bertz CT molecular complexity index is 1320. The van der Waals surface area contributed by atoms with Gasteiger partial charge in [-0.3, -0.25) is 9.59 Å². The van der Waals surface area contributed by atoms with Crippen molar-refractivity contribution in [1.82, 2.24) is 24.4 Å². The summed E-state index contributed by atoms with van der Waals surface area (Å²) in [5.41, 5.74) is 10.6. The number of nitrogens with two attached hydrogens (primary N) is 1. The molecule has 4 heterocycles. The minimum absolute atomic E-state index is 0.0203. The van der Waals surface area contributed by atoms with E-state index in [2.05, 4.69) is 10.2 Å². The van der Waals surface area contributed by atoms with Crippen LogP contribution in [0.4, 0.5) is 5.82 Å². The molecule has 4 aromatic rings. The highest BCUT2D eigenvalue weighted by Crippen LogP contribution is 2.39. The highest BCUT2D eigenvalue weighted by Gasteiger charge is 2.31. The van der Waals surface area contributed by atoms with Gasteiger partial charge in [0.05, 0.1) is 35.3 Å². The number of hydrogen-bond donors (Lipinski definition) is 2. The number of carbonyl (C=O) groups excluding carboxylic acids is 1. The number of nitrogen functional groups attached to an aromatic ring is 1. The topological polar surface area (TPSA) is 128 Å². The normalized spacial score (nSPS) is 18.8. The van der Waals surface area contributed by atoms with E-state index < -0.39 is 5.97 Å². The molecule has 3 N–H and O–H groups in total. The molecule has 0 radical (unpaired) electrons. The third-order valence-corrected chi connectivity index (χ3v) is 6.86.